The fourth-order valence-corrected chi connectivity index (χ4v) is 2.74. The third-order valence-corrected chi connectivity index (χ3v) is 4.18. The number of aromatic nitrogens is 2. The zero-order valence-electron chi connectivity index (χ0n) is 11.8. The molecule has 112 valence electrons. The van der Waals surface area contributed by atoms with Gasteiger partial charge in [0.1, 0.15) is 10.5 Å². The molecule has 0 radical (unpaired) electrons. The Morgan fingerprint density at radius 1 is 1.29 bits per heavy atom. The number of alkyl halides is 2. The summed E-state index contributed by atoms with van der Waals surface area (Å²) < 4.78 is 25.2. The molecule has 0 aliphatic carbocycles. The number of hydrogen-bond acceptors (Lipinski definition) is 3. The SMILES string of the molecule is CCCc1nc(=S)c(C)c(-c2ccc(SC(F)F)cc2)[nH]1. The lowest BCUT2D eigenvalue weighted by Gasteiger charge is -2.10. The minimum Gasteiger partial charge on any atom is -0.343 e. The molecule has 0 aliphatic heterocycles. The number of nitrogens with one attached hydrogen (secondary N) is 1. The summed E-state index contributed by atoms with van der Waals surface area (Å²) in [5.74, 6) is -1.55. The molecular formula is C15H16F2N2S2. The predicted octanol–water partition coefficient (Wildman–Crippen LogP) is 5.38. The van der Waals surface area contributed by atoms with Crippen molar-refractivity contribution in [3.8, 4) is 11.3 Å². The van der Waals surface area contributed by atoms with Gasteiger partial charge in [0.2, 0.25) is 0 Å². The highest BCUT2D eigenvalue weighted by Gasteiger charge is 2.09. The Balaban J connectivity index is 2.39. The summed E-state index contributed by atoms with van der Waals surface area (Å²) in [4.78, 5) is 8.21. The van der Waals surface area contributed by atoms with Crippen molar-refractivity contribution in [2.45, 2.75) is 37.3 Å². The molecule has 0 amide bonds. The van der Waals surface area contributed by atoms with Crippen LogP contribution in [0.1, 0.15) is 24.7 Å². The Labute approximate surface area is 132 Å². The quantitative estimate of drug-likeness (QED) is 0.590. The van der Waals surface area contributed by atoms with E-state index in [2.05, 4.69) is 16.9 Å². The number of nitrogens with zero attached hydrogens (tertiary/aromatic N) is 1. The van der Waals surface area contributed by atoms with Gasteiger partial charge in [-0.15, -0.1) is 0 Å². The van der Waals surface area contributed by atoms with Crippen molar-refractivity contribution in [2.75, 3.05) is 0 Å². The van der Waals surface area contributed by atoms with Gasteiger partial charge in [-0.05, 0) is 31.0 Å². The van der Waals surface area contributed by atoms with E-state index in [1.54, 1.807) is 12.1 Å². The van der Waals surface area contributed by atoms with E-state index >= 15 is 0 Å². The van der Waals surface area contributed by atoms with E-state index in [-0.39, 0.29) is 0 Å². The molecule has 2 rings (SSSR count). The molecule has 6 heteroatoms. The second-order valence-corrected chi connectivity index (χ2v) is 6.09. The van der Waals surface area contributed by atoms with E-state index in [1.165, 1.54) is 0 Å². The first-order chi connectivity index (χ1) is 10.0. The average molecular weight is 326 g/mol. The maximum Gasteiger partial charge on any atom is 0.288 e. The van der Waals surface area contributed by atoms with Crippen LogP contribution in [0, 0.1) is 11.6 Å². The lowest BCUT2D eigenvalue weighted by molar-refractivity contribution is 0.252. The van der Waals surface area contributed by atoms with E-state index in [0.717, 1.165) is 35.5 Å². The number of rotatable bonds is 5. The standard InChI is InChI=1S/C15H16F2N2S2/c1-3-4-12-18-13(9(2)14(20)19-12)10-5-7-11(8-6-10)21-15(16)17/h5-8,15H,3-4H2,1-2H3,(H,18,19,20). The second kappa shape index (κ2) is 7.13. The van der Waals surface area contributed by atoms with Crippen molar-refractivity contribution in [2.24, 2.45) is 0 Å². The molecule has 0 bridgehead atoms. The van der Waals surface area contributed by atoms with Crippen molar-refractivity contribution in [1.82, 2.24) is 9.97 Å². The van der Waals surface area contributed by atoms with Crippen molar-refractivity contribution >= 4 is 24.0 Å². The van der Waals surface area contributed by atoms with Crippen LogP contribution in [0.5, 0.6) is 0 Å². The van der Waals surface area contributed by atoms with Crippen LogP contribution in [0.15, 0.2) is 29.2 Å². The molecule has 0 aliphatic rings. The van der Waals surface area contributed by atoms with Gasteiger partial charge in [0.25, 0.3) is 5.76 Å². The fourth-order valence-electron chi connectivity index (χ4n) is 2.03. The first-order valence-electron chi connectivity index (χ1n) is 6.66. The molecule has 0 spiro atoms. The van der Waals surface area contributed by atoms with Gasteiger partial charge >= 0.3 is 0 Å². The number of H-pyrrole nitrogens is 1. The lowest BCUT2D eigenvalue weighted by atomic mass is 10.1. The first kappa shape index (κ1) is 16.1. The molecule has 0 saturated heterocycles. The Bertz CT molecular complexity index is 666. The summed E-state index contributed by atoms with van der Waals surface area (Å²) in [5, 5.41) is 0. The number of benzene rings is 1. The lowest BCUT2D eigenvalue weighted by Crippen LogP contribution is -2.00. The minimum atomic E-state index is -2.40. The monoisotopic (exact) mass is 326 g/mol. The van der Waals surface area contributed by atoms with Crippen LogP contribution >= 0.6 is 24.0 Å². The van der Waals surface area contributed by atoms with Gasteiger partial charge in [0.05, 0.1) is 5.69 Å². The van der Waals surface area contributed by atoms with E-state index in [4.69, 9.17) is 12.2 Å². The van der Waals surface area contributed by atoms with Gasteiger partial charge < -0.3 is 4.98 Å². The van der Waals surface area contributed by atoms with E-state index in [1.807, 2.05) is 19.1 Å². The molecule has 2 aromatic rings. The minimum absolute atomic E-state index is 0.544. The van der Waals surface area contributed by atoms with E-state index in [9.17, 15) is 8.78 Å². The van der Waals surface area contributed by atoms with Crippen LogP contribution in [0.3, 0.4) is 0 Å². The Hall–Kier alpha value is -1.27. The highest BCUT2D eigenvalue weighted by Crippen LogP contribution is 2.28. The molecule has 1 aromatic carbocycles. The topological polar surface area (TPSA) is 28.7 Å². The highest BCUT2D eigenvalue weighted by molar-refractivity contribution is 7.99. The number of halogens is 2. The van der Waals surface area contributed by atoms with Gasteiger partial charge in [0.15, 0.2) is 0 Å². The Morgan fingerprint density at radius 3 is 2.52 bits per heavy atom. The van der Waals surface area contributed by atoms with Crippen LogP contribution < -0.4 is 0 Å². The van der Waals surface area contributed by atoms with Gasteiger partial charge in [-0.3, -0.25) is 0 Å². The molecule has 0 saturated carbocycles. The maximum absolute atomic E-state index is 12.3. The van der Waals surface area contributed by atoms with Crippen LogP contribution in [0.2, 0.25) is 0 Å². The van der Waals surface area contributed by atoms with Crippen LogP contribution in [-0.4, -0.2) is 15.7 Å². The van der Waals surface area contributed by atoms with Gasteiger partial charge in [0, 0.05) is 16.9 Å². The number of thioether (sulfide) groups is 1. The molecule has 21 heavy (non-hydrogen) atoms. The summed E-state index contributed by atoms with van der Waals surface area (Å²) in [6, 6.07) is 7.05. The van der Waals surface area contributed by atoms with E-state index < -0.39 is 5.76 Å². The van der Waals surface area contributed by atoms with Gasteiger partial charge in [-0.1, -0.05) is 43.0 Å². The smallest absolute Gasteiger partial charge is 0.288 e. The summed E-state index contributed by atoms with van der Waals surface area (Å²) in [6.45, 7) is 3.99. The van der Waals surface area contributed by atoms with Crippen LogP contribution in [-0.2, 0) is 6.42 Å². The summed E-state index contributed by atoms with van der Waals surface area (Å²) in [6.07, 6.45) is 1.81. The van der Waals surface area contributed by atoms with E-state index in [0.29, 0.717) is 21.3 Å². The third kappa shape index (κ3) is 4.11. The molecule has 1 aromatic heterocycles. The number of hydrogen-bond donors (Lipinski definition) is 1. The number of aryl methyl sites for hydroxylation is 1. The first-order valence-corrected chi connectivity index (χ1v) is 7.95. The molecule has 0 fully saturated rings. The molecule has 0 atom stereocenters. The van der Waals surface area contributed by atoms with Crippen LogP contribution in [0.4, 0.5) is 8.78 Å². The summed E-state index contributed by atoms with van der Waals surface area (Å²) in [7, 11) is 0. The average Bonchev–Trinajstić information content (AvgIpc) is 2.43. The zero-order chi connectivity index (χ0) is 15.4. The third-order valence-electron chi connectivity index (χ3n) is 3.06. The zero-order valence-corrected chi connectivity index (χ0v) is 13.5. The highest BCUT2D eigenvalue weighted by atomic mass is 32.2. The number of aromatic amines is 1. The molecule has 1 heterocycles. The fraction of sp³-hybridized carbons (Fsp3) is 0.333. The second-order valence-electron chi connectivity index (χ2n) is 4.64. The van der Waals surface area contributed by atoms with Crippen LogP contribution in [0.25, 0.3) is 11.3 Å². The largest absolute Gasteiger partial charge is 0.343 e. The van der Waals surface area contributed by atoms with Crippen molar-refractivity contribution in [3.63, 3.8) is 0 Å². The van der Waals surface area contributed by atoms with Gasteiger partial charge in [-0.25, -0.2) is 4.98 Å². The normalized spacial score (nSPS) is 11.1. The molecule has 1 N–H and O–H groups in total. The van der Waals surface area contributed by atoms with Crippen molar-refractivity contribution < 1.29 is 8.78 Å². The molecular weight excluding hydrogens is 310 g/mol. The predicted molar refractivity (Wildman–Crippen MR) is 85.5 cm³/mol. The Kier molecular flexibility index (Phi) is 5.47. The Morgan fingerprint density at radius 2 is 1.95 bits per heavy atom. The van der Waals surface area contributed by atoms with Crippen molar-refractivity contribution in [3.05, 3.63) is 40.3 Å². The molecule has 0 unspecified atom stereocenters. The molecule has 2 nitrogen and oxygen atoms in total. The maximum atomic E-state index is 12.3. The van der Waals surface area contributed by atoms with Gasteiger partial charge in [-0.2, -0.15) is 8.78 Å². The summed E-state index contributed by atoms with van der Waals surface area (Å²) >= 11 is 5.84. The summed E-state index contributed by atoms with van der Waals surface area (Å²) in [5.41, 5.74) is 2.74. The van der Waals surface area contributed by atoms with Crippen molar-refractivity contribution in [1.29, 1.82) is 0 Å².